The lowest BCUT2D eigenvalue weighted by molar-refractivity contribution is -0.134. The summed E-state index contributed by atoms with van der Waals surface area (Å²) in [6.07, 6.45) is 0.0147. The van der Waals surface area contributed by atoms with Crippen molar-refractivity contribution in [2.75, 3.05) is 62.7 Å². The monoisotopic (exact) mass is 440 g/mol. The molecule has 9 nitrogen and oxygen atoms in total. The minimum Gasteiger partial charge on any atom is -0.443 e. The van der Waals surface area contributed by atoms with E-state index < -0.39 is 18.5 Å². The SMILES string of the molecule is CC.CC=O.CNCC1CN(c2ccc(N3CCN(C(=O)CO)CC3)c(F)c2)C(=O)O1. The minimum absolute atomic E-state index is 0.257. The highest BCUT2D eigenvalue weighted by atomic mass is 19.1. The van der Waals surface area contributed by atoms with Crippen LogP contribution in [-0.2, 0) is 14.3 Å². The number of rotatable bonds is 5. The van der Waals surface area contributed by atoms with E-state index in [0.717, 1.165) is 6.29 Å². The number of aliphatic hydroxyl groups is 1. The fourth-order valence-corrected chi connectivity index (χ4v) is 3.28. The number of ether oxygens (including phenoxy) is 1. The molecule has 0 radical (unpaired) electrons. The lowest BCUT2D eigenvalue weighted by Crippen LogP contribution is -2.49. The molecule has 0 aromatic heterocycles. The quantitative estimate of drug-likeness (QED) is 0.664. The van der Waals surface area contributed by atoms with Gasteiger partial charge in [-0.2, -0.15) is 0 Å². The molecule has 1 atom stereocenters. The molecule has 0 spiro atoms. The molecule has 1 aromatic rings. The van der Waals surface area contributed by atoms with Crippen LogP contribution in [0.4, 0.5) is 20.6 Å². The van der Waals surface area contributed by atoms with E-state index in [4.69, 9.17) is 14.6 Å². The molecule has 2 fully saturated rings. The first-order chi connectivity index (χ1) is 14.9. The first kappa shape index (κ1) is 26.3. The summed E-state index contributed by atoms with van der Waals surface area (Å²) >= 11 is 0. The number of likely N-dealkylation sites (N-methyl/N-ethyl adjacent to an activating group) is 1. The predicted molar refractivity (Wildman–Crippen MR) is 117 cm³/mol. The smallest absolute Gasteiger partial charge is 0.414 e. The van der Waals surface area contributed by atoms with Crippen LogP contribution >= 0.6 is 0 Å². The zero-order chi connectivity index (χ0) is 23.4. The van der Waals surface area contributed by atoms with Gasteiger partial charge in [-0.3, -0.25) is 9.69 Å². The maximum absolute atomic E-state index is 14.6. The normalized spacial score (nSPS) is 17.8. The zero-order valence-corrected chi connectivity index (χ0v) is 18.6. The molecular formula is C21H33FN4O5. The summed E-state index contributed by atoms with van der Waals surface area (Å²) in [5.74, 6) is -0.738. The average Bonchev–Trinajstić information content (AvgIpc) is 3.15. The topological polar surface area (TPSA) is 102 Å². The third kappa shape index (κ3) is 7.18. The number of carbonyl (C=O) groups excluding carboxylic acids is 3. The van der Waals surface area contributed by atoms with Crippen molar-refractivity contribution in [3.05, 3.63) is 24.0 Å². The molecule has 2 aliphatic heterocycles. The van der Waals surface area contributed by atoms with Crippen LogP contribution in [0, 0.1) is 5.82 Å². The van der Waals surface area contributed by atoms with E-state index >= 15 is 0 Å². The van der Waals surface area contributed by atoms with Crippen molar-refractivity contribution in [2.45, 2.75) is 26.9 Å². The van der Waals surface area contributed by atoms with Crippen LogP contribution in [-0.4, -0.2) is 87.3 Å². The van der Waals surface area contributed by atoms with Crippen LogP contribution in [0.1, 0.15) is 20.8 Å². The van der Waals surface area contributed by atoms with Crippen molar-refractivity contribution >= 4 is 29.7 Å². The number of nitrogens with zero attached hydrogens (tertiary/aromatic N) is 3. The molecule has 0 saturated carbocycles. The molecule has 1 aromatic carbocycles. The summed E-state index contributed by atoms with van der Waals surface area (Å²) in [6.45, 7) is 7.69. The Morgan fingerprint density at radius 2 is 1.90 bits per heavy atom. The van der Waals surface area contributed by atoms with E-state index in [1.165, 1.54) is 17.9 Å². The number of aliphatic hydroxyl groups excluding tert-OH is 1. The number of nitrogens with one attached hydrogen (secondary N) is 1. The second-order valence-corrected chi connectivity index (χ2v) is 6.57. The average molecular weight is 441 g/mol. The third-order valence-corrected chi connectivity index (χ3v) is 4.66. The Morgan fingerprint density at radius 1 is 1.29 bits per heavy atom. The Kier molecular flexibility index (Phi) is 11.5. The number of hydrogen-bond donors (Lipinski definition) is 2. The van der Waals surface area contributed by atoms with Gasteiger partial charge in [-0.1, -0.05) is 13.8 Å². The van der Waals surface area contributed by atoms with Gasteiger partial charge in [-0.15, -0.1) is 0 Å². The van der Waals surface area contributed by atoms with Crippen LogP contribution in [0.5, 0.6) is 0 Å². The summed E-state index contributed by atoms with van der Waals surface area (Å²) in [4.78, 5) is 37.1. The molecule has 31 heavy (non-hydrogen) atoms. The maximum atomic E-state index is 14.6. The Morgan fingerprint density at radius 3 is 2.42 bits per heavy atom. The second kappa shape index (κ2) is 13.6. The zero-order valence-electron chi connectivity index (χ0n) is 18.6. The van der Waals surface area contributed by atoms with Gasteiger partial charge in [0.1, 0.15) is 24.8 Å². The molecule has 2 aliphatic rings. The van der Waals surface area contributed by atoms with Crippen molar-refractivity contribution in [1.29, 1.82) is 0 Å². The fourth-order valence-electron chi connectivity index (χ4n) is 3.28. The van der Waals surface area contributed by atoms with Gasteiger partial charge in [-0.25, -0.2) is 9.18 Å². The largest absolute Gasteiger partial charge is 0.443 e. The van der Waals surface area contributed by atoms with Crippen molar-refractivity contribution in [3.8, 4) is 0 Å². The van der Waals surface area contributed by atoms with Crippen molar-refractivity contribution in [1.82, 2.24) is 10.2 Å². The molecule has 0 bridgehead atoms. The first-order valence-corrected chi connectivity index (χ1v) is 10.4. The number of anilines is 2. The molecule has 2 heterocycles. The minimum atomic E-state index is -0.510. The van der Waals surface area contributed by atoms with Crippen LogP contribution in [0.3, 0.4) is 0 Å². The number of carbonyl (C=O) groups is 3. The standard InChI is InChI=1S/C17H23FN4O4.C2H4O.C2H6/c1-19-9-13-10-22(17(25)26-13)12-2-3-15(14(18)8-12)20-4-6-21(7-5-20)16(24)11-23;1-2-3;1-2/h2-3,8,13,19,23H,4-7,9-11H2,1H3;2H,1H3;1-2H3. The number of halogens is 1. The Labute approximate surface area is 182 Å². The fraction of sp³-hybridized carbons (Fsp3) is 0.571. The summed E-state index contributed by atoms with van der Waals surface area (Å²) in [6, 6.07) is 4.68. The van der Waals surface area contributed by atoms with Gasteiger partial charge >= 0.3 is 6.09 Å². The van der Waals surface area contributed by atoms with Crippen LogP contribution < -0.4 is 15.1 Å². The summed E-state index contributed by atoms with van der Waals surface area (Å²) in [5, 5.41) is 11.9. The lowest BCUT2D eigenvalue weighted by Gasteiger charge is -2.36. The Bertz CT molecular complexity index is 726. The molecule has 0 aliphatic carbocycles. The lowest BCUT2D eigenvalue weighted by atomic mass is 10.2. The van der Waals surface area contributed by atoms with Crippen molar-refractivity contribution < 1.29 is 28.6 Å². The molecule has 2 N–H and O–H groups in total. The molecule has 174 valence electrons. The molecule has 3 rings (SSSR count). The van der Waals surface area contributed by atoms with Gasteiger partial charge in [0.25, 0.3) is 0 Å². The van der Waals surface area contributed by atoms with E-state index in [1.807, 2.05) is 18.7 Å². The molecule has 2 saturated heterocycles. The Balaban J connectivity index is 0.000000884. The van der Waals surface area contributed by atoms with E-state index in [-0.39, 0.29) is 12.0 Å². The first-order valence-electron chi connectivity index (χ1n) is 10.4. The van der Waals surface area contributed by atoms with Crippen LogP contribution in [0.2, 0.25) is 0 Å². The number of amides is 2. The molecule has 10 heteroatoms. The molecular weight excluding hydrogens is 407 g/mol. The van der Waals surface area contributed by atoms with Gasteiger partial charge in [0.15, 0.2) is 0 Å². The van der Waals surface area contributed by atoms with Gasteiger partial charge in [-0.05, 0) is 32.2 Å². The van der Waals surface area contributed by atoms with E-state index in [0.29, 0.717) is 50.6 Å². The summed E-state index contributed by atoms with van der Waals surface area (Å²) < 4.78 is 19.9. The van der Waals surface area contributed by atoms with E-state index in [2.05, 4.69) is 5.32 Å². The summed E-state index contributed by atoms with van der Waals surface area (Å²) in [7, 11) is 1.78. The van der Waals surface area contributed by atoms with E-state index in [9.17, 15) is 14.0 Å². The number of piperazine rings is 1. The highest BCUT2D eigenvalue weighted by molar-refractivity contribution is 5.90. The number of hydrogen-bond acceptors (Lipinski definition) is 7. The van der Waals surface area contributed by atoms with Gasteiger partial charge in [0, 0.05) is 32.7 Å². The Hall–Kier alpha value is -2.72. The van der Waals surface area contributed by atoms with E-state index in [1.54, 1.807) is 24.1 Å². The van der Waals surface area contributed by atoms with Crippen molar-refractivity contribution in [3.63, 3.8) is 0 Å². The highest BCUT2D eigenvalue weighted by Crippen LogP contribution is 2.28. The number of benzene rings is 1. The predicted octanol–water partition coefficient (Wildman–Crippen LogP) is 1.24. The van der Waals surface area contributed by atoms with Crippen LogP contribution in [0.25, 0.3) is 0 Å². The van der Waals surface area contributed by atoms with Crippen molar-refractivity contribution in [2.24, 2.45) is 0 Å². The second-order valence-electron chi connectivity index (χ2n) is 6.57. The molecule has 1 unspecified atom stereocenters. The van der Waals surface area contributed by atoms with Gasteiger partial charge in [0.2, 0.25) is 5.91 Å². The summed E-state index contributed by atoms with van der Waals surface area (Å²) in [5.41, 5.74) is 0.896. The number of aldehydes is 1. The van der Waals surface area contributed by atoms with Crippen LogP contribution in [0.15, 0.2) is 18.2 Å². The molecule has 2 amide bonds. The van der Waals surface area contributed by atoms with Gasteiger partial charge in [0.05, 0.1) is 17.9 Å². The third-order valence-electron chi connectivity index (χ3n) is 4.66. The highest BCUT2D eigenvalue weighted by Gasteiger charge is 2.32. The maximum Gasteiger partial charge on any atom is 0.414 e. The van der Waals surface area contributed by atoms with Gasteiger partial charge < -0.3 is 29.8 Å². The number of cyclic esters (lactones) is 1.